The third-order valence-electron chi connectivity index (χ3n) is 2.36. The Balaban J connectivity index is 2.45. The second-order valence-corrected chi connectivity index (χ2v) is 3.44. The molecule has 0 spiro atoms. The molecule has 0 unspecified atom stereocenters. The van der Waals surface area contributed by atoms with Crippen LogP contribution in [0.5, 0.6) is 0 Å². The van der Waals surface area contributed by atoms with Crippen molar-refractivity contribution in [2.75, 3.05) is 0 Å². The Morgan fingerprint density at radius 2 is 2.31 bits per heavy atom. The molecule has 2 rings (SSSR count). The maximum atomic E-state index is 8.61. The molecule has 1 aromatic heterocycles. The van der Waals surface area contributed by atoms with Crippen molar-refractivity contribution in [2.24, 2.45) is 10.9 Å². The SMILES string of the molecule is Cc1cc(-n2cccn2)ccc1/C(N)=N/O. The van der Waals surface area contributed by atoms with Crippen molar-refractivity contribution in [1.29, 1.82) is 0 Å². The lowest BCUT2D eigenvalue weighted by Gasteiger charge is -2.07. The molecule has 0 aliphatic heterocycles. The summed E-state index contributed by atoms with van der Waals surface area (Å²) in [6.07, 6.45) is 3.57. The zero-order valence-corrected chi connectivity index (χ0v) is 8.83. The highest BCUT2D eigenvalue weighted by molar-refractivity contribution is 5.98. The van der Waals surface area contributed by atoms with Gasteiger partial charge in [0.05, 0.1) is 5.69 Å². The van der Waals surface area contributed by atoms with E-state index >= 15 is 0 Å². The van der Waals surface area contributed by atoms with E-state index in [9.17, 15) is 0 Å². The van der Waals surface area contributed by atoms with Crippen LogP contribution in [0.2, 0.25) is 0 Å². The van der Waals surface area contributed by atoms with Crippen molar-refractivity contribution < 1.29 is 5.21 Å². The Labute approximate surface area is 92.8 Å². The van der Waals surface area contributed by atoms with Gasteiger partial charge in [-0.3, -0.25) is 0 Å². The second kappa shape index (κ2) is 4.06. The maximum Gasteiger partial charge on any atom is 0.170 e. The molecule has 2 aromatic rings. The summed E-state index contributed by atoms with van der Waals surface area (Å²) in [6, 6.07) is 7.46. The topological polar surface area (TPSA) is 76.4 Å². The molecule has 0 saturated carbocycles. The van der Waals surface area contributed by atoms with E-state index in [2.05, 4.69) is 10.3 Å². The van der Waals surface area contributed by atoms with Crippen LogP contribution in [-0.4, -0.2) is 20.8 Å². The first kappa shape index (κ1) is 10.2. The fourth-order valence-corrected chi connectivity index (χ4v) is 1.55. The number of benzene rings is 1. The molecule has 5 heteroatoms. The average Bonchev–Trinajstić information content (AvgIpc) is 2.81. The van der Waals surface area contributed by atoms with Crippen LogP contribution in [0.3, 0.4) is 0 Å². The quantitative estimate of drug-likeness (QED) is 0.343. The summed E-state index contributed by atoms with van der Waals surface area (Å²) >= 11 is 0. The fraction of sp³-hybridized carbons (Fsp3) is 0.0909. The molecule has 0 atom stereocenters. The molecule has 0 bridgehead atoms. The smallest absolute Gasteiger partial charge is 0.170 e. The van der Waals surface area contributed by atoms with Crippen LogP contribution in [0.4, 0.5) is 0 Å². The Morgan fingerprint density at radius 1 is 1.50 bits per heavy atom. The molecule has 0 aliphatic rings. The lowest BCUT2D eigenvalue weighted by molar-refractivity contribution is 0.318. The largest absolute Gasteiger partial charge is 0.409 e. The van der Waals surface area contributed by atoms with E-state index in [0.717, 1.165) is 16.8 Å². The Morgan fingerprint density at radius 3 is 2.88 bits per heavy atom. The molecule has 0 fully saturated rings. The van der Waals surface area contributed by atoms with Crippen LogP contribution in [0, 0.1) is 6.92 Å². The number of amidine groups is 1. The normalized spacial score (nSPS) is 11.7. The Kier molecular flexibility index (Phi) is 2.59. The van der Waals surface area contributed by atoms with Crippen LogP contribution in [0.25, 0.3) is 5.69 Å². The minimum Gasteiger partial charge on any atom is -0.409 e. The maximum absolute atomic E-state index is 8.61. The van der Waals surface area contributed by atoms with Crippen LogP contribution < -0.4 is 5.73 Å². The van der Waals surface area contributed by atoms with E-state index in [-0.39, 0.29) is 5.84 Å². The van der Waals surface area contributed by atoms with Gasteiger partial charge in [0.15, 0.2) is 5.84 Å². The molecule has 1 heterocycles. The van der Waals surface area contributed by atoms with Crippen molar-refractivity contribution in [3.63, 3.8) is 0 Å². The Hall–Kier alpha value is -2.30. The molecule has 0 saturated heterocycles. The third-order valence-corrected chi connectivity index (χ3v) is 2.36. The summed E-state index contributed by atoms with van der Waals surface area (Å²) in [5.74, 6) is 0.115. The van der Waals surface area contributed by atoms with E-state index in [1.165, 1.54) is 0 Å². The first-order valence-electron chi connectivity index (χ1n) is 4.81. The third kappa shape index (κ3) is 1.75. The lowest BCUT2D eigenvalue weighted by Crippen LogP contribution is -2.14. The van der Waals surface area contributed by atoms with Crippen molar-refractivity contribution in [3.8, 4) is 5.69 Å². The van der Waals surface area contributed by atoms with Gasteiger partial charge in [-0.05, 0) is 36.8 Å². The summed E-state index contributed by atoms with van der Waals surface area (Å²) in [5, 5.41) is 15.7. The van der Waals surface area contributed by atoms with Gasteiger partial charge in [0.25, 0.3) is 0 Å². The van der Waals surface area contributed by atoms with E-state index in [4.69, 9.17) is 10.9 Å². The predicted octanol–water partition coefficient (Wildman–Crippen LogP) is 1.28. The number of hydrogen-bond donors (Lipinski definition) is 2. The summed E-state index contributed by atoms with van der Waals surface area (Å²) in [5.41, 5.74) is 8.14. The number of nitrogens with two attached hydrogens (primary N) is 1. The molecular formula is C11H12N4O. The second-order valence-electron chi connectivity index (χ2n) is 3.44. The van der Waals surface area contributed by atoms with Crippen molar-refractivity contribution >= 4 is 5.84 Å². The van der Waals surface area contributed by atoms with Gasteiger partial charge in [-0.2, -0.15) is 5.10 Å². The first-order valence-corrected chi connectivity index (χ1v) is 4.81. The molecule has 1 aromatic carbocycles. The lowest BCUT2D eigenvalue weighted by atomic mass is 10.1. The van der Waals surface area contributed by atoms with Crippen LogP contribution >= 0.6 is 0 Å². The van der Waals surface area contributed by atoms with Gasteiger partial charge in [-0.15, -0.1) is 0 Å². The predicted molar refractivity (Wildman–Crippen MR) is 60.8 cm³/mol. The number of aryl methyl sites for hydroxylation is 1. The number of rotatable bonds is 2. The molecule has 0 amide bonds. The fourth-order valence-electron chi connectivity index (χ4n) is 1.55. The average molecular weight is 216 g/mol. The number of hydrogen-bond acceptors (Lipinski definition) is 3. The van der Waals surface area contributed by atoms with Gasteiger partial charge >= 0.3 is 0 Å². The van der Waals surface area contributed by atoms with Gasteiger partial charge in [-0.1, -0.05) is 5.16 Å². The van der Waals surface area contributed by atoms with E-state index in [1.807, 2.05) is 31.3 Å². The molecule has 5 nitrogen and oxygen atoms in total. The minimum absolute atomic E-state index is 0.115. The van der Waals surface area contributed by atoms with Gasteiger partial charge < -0.3 is 10.9 Å². The van der Waals surface area contributed by atoms with Crippen molar-refractivity contribution in [1.82, 2.24) is 9.78 Å². The van der Waals surface area contributed by atoms with E-state index in [0.29, 0.717) is 0 Å². The minimum atomic E-state index is 0.115. The summed E-state index contributed by atoms with van der Waals surface area (Å²) in [4.78, 5) is 0. The van der Waals surface area contributed by atoms with Gasteiger partial charge in [0.2, 0.25) is 0 Å². The zero-order chi connectivity index (χ0) is 11.5. The van der Waals surface area contributed by atoms with Crippen molar-refractivity contribution in [3.05, 3.63) is 47.8 Å². The number of nitrogens with zero attached hydrogens (tertiary/aromatic N) is 3. The van der Waals surface area contributed by atoms with Crippen LogP contribution in [0.15, 0.2) is 41.8 Å². The summed E-state index contributed by atoms with van der Waals surface area (Å²) < 4.78 is 1.75. The van der Waals surface area contributed by atoms with Crippen molar-refractivity contribution in [2.45, 2.75) is 6.92 Å². The first-order chi connectivity index (χ1) is 7.72. The van der Waals surface area contributed by atoms with Gasteiger partial charge in [-0.25, -0.2) is 4.68 Å². The molecule has 3 N–H and O–H groups in total. The van der Waals surface area contributed by atoms with Crippen LogP contribution in [-0.2, 0) is 0 Å². The standard InChI is InChI=1S/C11H12N4O/c1-8-7-9(15-6-2-5-13-15)3-4-10(8)11(12)14-16/h2-7,16H,1H3,(H2,12,14). The van der Waals surface area contributed by atoms with Gasteiger partial charge in [0.1, 0.15) is 0 Å². The monoisotopic (exact) mass is 216 g/mol. The van der Waals surface area contributed by atoms with E-state index < -0.39 is 0 Å². The highest BCUT2D eigenvalue weighted by Gasteiger charge is 2.05. The van der Waals surface area contributed by atoms with Gasteiger partial charge in [0, 0.05) is 18.0 Å². The highest BCUT2D eigenvalue weighted by Crippen LogP contribution is 2.13. The number of aromatic nitrogens is 2. The Bertz CT molecular complexity index is 517. The van der Waals surface area contributed by atoms with Crippen LogP contribution in [0.1, 0.15) is 11.1 Å². The van der Waals surface area contributed by atoms with E-state index in [1.54, 1.807) is 16.9 Å². The zero-order valence-electron chi connectivity index (χ0n) is 8.83. The number of oxime groups is 1. The molecule has 82 valence electrons. The molecule has 0 radical (unpaired) electrons. The molecule has 16 heavy (non-hydrogen) atoms. The highest BCUT2D eigenvalue weighted by atomic mass is 16.4. The summed E-state index contributed by atoms with van der Waals surface area (Å²) in [7, 11) is 0. The summed E-state index contributed by atoms with van der Waals surface area (Å²) in [6.45, 7) is 1.90. The molecule has 0 aliphatic carbocycles. The molecular weight excluding hydrogens is 204 g/mol.